The number of rotatable bonds is 5. The Morgan fingerprint density at radius 3 is 2.44 bits per heavy atom. The molecule has 2 aromatic carbocycles. The van der Waals surface area contributed by atoms with E-state index in [4.69, 9.17) is 4.74 Å². The summed E-state index contributed by atoms with van der Waals surface area (Å²) in [6, 6.07) is 15.6. The molecule has 0 unspecified atom stereocenters. The Bertz CT molecular complexity index is 1480. The van der Waals surface area contributed by atoms with E-state index in [9.17, 15) is 24.3 Å². The van der Waals surface area contributed by atoms with Crippen LogP contribution in [0.15, 0.2) is 76.0 Å². The first-order valence-corrected chi connectivity index (χ1v) is 11.7. The number of methoxy groups -OCH3 is 1. The second kappa shape index (κ2) is 9.33. The molecule has 2 N–H and O–H groups in total. The van der Waals surface area contributed by atoms with E-state index in [0.717, 1.165) is 10.1 Å². The van der Waals surface area contributed by atoms with Gasteiger partial charge < -0.3 is 15.2 Å². The average molecular weight is 488 g/mol. The Labute approximate surface area is 206 Å². The molecule has 0 bridgehead atoms. The quantitative estimate of drug-likeness (QED) is 0.530. The third-order valence-electron chi connectivity index (χ3n) is 6.76. The maximum Gasteiger partial charge on any atom is 0.333 e. The van der Waals surface area contributed by atoms with Crippen molar-refractivity contribution in [3.63, 3.8) is 0 Å². The molecule has 1 aliphatic carbocycles. The number of ether oxygens (including phenoxy) is 1. The largest absolute Gasteiger partial charge is 0.508 e. The molecule has 3 aromatic rings. The van der Waals surface area contributed by atoms with Crippen LogP contribution in [0.4, 0.5) is 5.82 Å². The van der Waals surface area contributed by atoms with Crippen LogP contribution in [0.2, 0.25) is 0 Å². The molecule has 5 rings (SSSR count). The summed E-state index contributed by atoms with van der Waals surface area (Å²) < 4.78 is 7.04. The number of ketones is 1. The number of aromatic hydroxyl groups is 1. The van der Waals surface area contributed by atoms with E-state index in [1.807, 2.05) is 36.4 Å². The van der Waals surface area contributed by atoms with Crippen molar-refractivity contribution in [2.75, 3.05) is 12.4 Å². The van der Waals surface area contributed by atoms with Crippen LogP contribution in [0.5, 0.6) is 5.75 Å². The van der Waals surface area contributed by atoms with Gasteiger partial charge >= 0.3 is 11.7 Å². The average Bonchev–Trinajstić information content (AvgIpc) is 2.89. The first-order valence-electron chi connectivity index (χ1n) is 11.7. The van der Waals surface area contributed by atoms with Crippen molar-refractivity contribution in [3.8, 4) is 5.75 Å². The van der Waals surface area contributed by atoms with Gasteiger partial charge in [0, 0.05) is 18.0 Å². The lowest BCUT2D eigenvalue weighted by atomic mass is 9.72. The minimum atomic E-state index is -0.736. The second-order valence-corrected chi connectivity index (χ2v) is 8.92. The highest BCUT2D eigenvalue weighted by Gasteiger charge is 2.43. The van der Waals surface area contributed by atoms with Crippen molar-refractivity contribution >= 4 is 17.6 Å². The first-order chi connectivity index (χ1) is 17.4. The molecule has 0 fully saturated rings. The number of allylic oxidation sites excluding steroid dienone is 2. The molecule has 2 atom stereocenters. The number of fused-ring (bicyclic) bond motifs is 2. The third kappa shape index (κ3) is 4.02. The minimum absolute atomic E-state index is 0.0246. The summed E-state index contributed by atoms with van der Waals surface area (Å²) in [7, 11) is 1.19. The number of hydrogen-bond acceptors (Lipinski definition) is 7. The fourth-order valence-corrected chi connectivity index (χ4v) is 5.05. The summed E-state index contributed by atoms with van der Waals surface area (Å²) in [5.41, 5.74) is 1.01. The van der Waals surface area contributed by atoms with E-state index in [2.05, 4.69) is 5.32 Å². The first kappa shape index (κ1) is 23.3. The number of aromatic nitrogens is 2. The van der Waals surface area contributed by atoms with Gasteiger partial charge in [-0.2, -0.15) is 0 Å². The molecule has 0 spiro atoms. The van der Waals surface area contributed by atoms with Crippen molar-refractivity contribution in [3.05, 3.63) is 104 Å². The van der Waals surface area contributed by atoms with Crippen LogP contribution >= 0.6 is 0 Å². The monoisotopic (exact) mass is 487 g/mol. The van der Waals surface area contributed by atoms with Gasteiger partial charge in [0.15, 0.2) is 0 Å². The molecule has 184 valence electrons. The highest BCUT2D eigenvalue weighted by Crippen LogP contribution is 2.45. The number of anilines is 1. The van der Waals surface area contributed by atoms with E-state index in [0.29, 0.717) is 29.9 Å². The fourth-order valence-electron chi connectivity index (χ4n) is 5.05. The van der Waals surface area contributed by atoms with Crippen molar-refractivity contribution < 1.29 is 19.4 Å². The SMILES string of the molecule is COC(=O)Cn1c(=O)c2c(n(Cc3ccccc3)c1=O)NC1=CCCC(=O)[C@@H]1[C@H]2c1ccc(O)cc1. The summed E-state index contributed by atoms with van der Waals surface area (Å²) >= 11 is 0. The van der Waals surface area contributed by atoms with Crippen LogP contribution in [-0.4, -0.2) is 33.1 Å². The Balaban J connectivity index is 1.82. The highest BCUT2D eigenvalue weighted by molar-refractivity contribution is 5.89. The number of carbonyl (C=O) groups is 2. The number of hydrogen-bond donors (Lipinski definition) is 2. The molecule has 0 amide bonds. The van der Waals surface area contributed by atoms with Gasteiger partial charge in [-0.05, 0) is 29.7 Å². The molecule has 0 saturated carbocycles. The van der Waals surface area contributed by atoms with Crippen LogP contribution in [0, 0.1) is 5.92 Å². The number of Topliss-reactive ketones (excluding diaryl/α,β-unsaturated/α-hetero) is 1. The van der Waals surface area contributed by atoms with Crippen LogP contribution < -0.4 is 16.6 Å². The van der Waals surface area contributed by atoms with Gasteiger partial charge in [0.2, 0.25) is 0 Å². The number of carbonyl (C=O) groups excluding carboxylic acids is 2. The third-order valence-corrected chi connectivity index (χ3v) is 6.76. The molecule has 1 aliphatic heterocycles. The van der Waals surface area contributed by atoms with Crippen LogP contribution in [0.25, 0.3) is 0 Å². The fraction of sp³-hybridized carbons (Fsp3) is 0.259. The Morgan fingerprint density at radius 2 is 1.75 bits per heavy atom. The lowest BCUT2D eigenvalue weighted by Gasteiger charge is -2.38. The van der Waals surface area contributed by atoms with E-state index in [1.165, 1.54) is 23.8 Å². The predicted octanol–water partition coefficient (Wildman–Crippen LogP) is 2.36. The number of esters is 1. The Kier molecular flexibility index (Phi) is 6.05. The molecule has 9 heteroatoms. The highest BCUT2D eigenvalue weighted by atomic mass is 16.5. The van der Waals surface area contributed by atoms with Gasteiger partial charge in [0.1, 0.15) is 23.9 Å². The standard InChI is InChI=1S/C27H25N3O6/c1-36-21(33)15-30-26(34)24-22(17-10-12-18(31)13-11-17)23-19(8-5-9-20(23)32)28-25(24)29(27(30)35)14-16-6-3-2-4-7-16/h2-4,6-8,10-13,22-23,28,31H,5,9,14-15H2,1H3/t22-,23-/m1/s1. The van der Waals surface area contributed by atoms with Crippen molar-refractivity contribution in [2.45, 2.75) is 31.8 Å². The number of benzene rings is 2. The molecule has 9 nitrogen and oxygen atoms in total. The second-order valence-electron chi connectivity index (χ2n) is 8.92. The van der Waals surface area contributed by atoms with Gasteiger partial charge in [-0.3, -0.25) is 19.0 Å². The number of nitrogens with one attached hydrogen (secondary N) is 1. The maximum atomic E-state index is 13.8. The van der Waals surface area contributed by atoms with Crippen molar-refractivity contribution in [1.29, 1.82) is 0 Å². The zero-order chi connectivity index (χ0) is 25.4. The zero-order valence-corrected chi connectivity index (χ0v) is 19.6. The van der Waals surface area contributed by atoms with E-state index < -0.39 is 35.6 Å². The molecule has 2 heterocycles. The summed E-state index contributed by atoms with van der Waals surface area (Å²) in [6.07, 6.45) is 2.82. The number of phenolic OH excluding ortho intramolecular Hbond substituents is 1. The number of nitrogens with zero attached hydrogens (tertiary/aromatic N) is 2. The van der Waals surface area contributed by atoms with Crippen LogP contribution in [0.1, 0.15) is 35.4 Å². The van der Waals surface area contributed by atoms with E-state index >= 15 is 0 Å². The zero-order valence-electron chi connectivity index (χ0n) is 19.6. The van der Waals surface area contributed by atoms with Crippen LogP contribution in [0.3, 0.4) is 0 Å². The van der Waals surface area contributed by atoms with E-state index in [-0.39, 0.29) is 23.6 Å². The maximum absolute atomic E-state index is 13.8. The number of phenols is 1. The lowest BCUT2D eigenvalue weighted by molar-refractivity contribution is -0.141. The predicted molar refractivity (Wildman–Crippen MR) is 132 cm³/mol. The summed E-state index contributed by atoms with van der Waals surface area (Å²) in [5.74, 6) is -1.78. The molecule has 36 heavy (non-hydrogen) atoms. The summed E-state index contributed by atoms with van der Waals surface area (Å²) in [6.45, 7) is -0.412. The minimum Gasteiger partial charge on any atom is -0.508 e. The topological polar surface area (TPSA) is 120 Å². The van der Waals surface area contributed by atoms with Gasteiger partial charge in [-0.15, -0.1) is 0 Å². The summed E-state index contributed by atoms with van der Waals surface area (Å²) in [5, 5.41) is 13.1. The molecule has 0 radical (unpaired) electrons. The molecule has 2 aliphatic rings. The molecular weight excluding hydrogens is 462 g/mol. The van der Waals surface area contributed by atoms with Crippen molar-refractivity contribution in [2.24, 2.45) is 5.92 Å². The van der Waals surface area contributed by atoms with E-state index in [1.54, 1.807) is 12.1 Å². The van der Waals surface area contributed by atoms with Gasteiger partial charge in [-0.25, -0.2) is 9.36 Å². The normalized spacial score (nSPS) is 18.5. The Hall–Kier alpha value is -4.40. The van der Waals surface area contributed by atoms with Gasteiger partial charge in [-0.1, -0.05) is 48.5 Å². The lowest BCUT2D eigenvalue weighted by Crippen LogP contribution is -2.49. The molecule has 1 aromatic heterocycles. The van der Waals surface area contributed by atoms with Crippen LogP contribution in [-0.2, 0) is 27.4 Å². The molecule has 0 saturated heterocycles. The van der Waals surface area contributed by atoms with Gasteiger partial charge in [0.05, 0.1) is 25.1 Å². The van der Waals surface area contributed by atoms with Crippen molar-refractivity contribution in [1.82, 2.24) is 9.13 Å². The molecular formula is C27H25N3O6. The summed E-state index contributed by atoms with van der Waals surface area (Å²) in [4.78, 5) is 52.8. The smallest absolute Gasteiger partial charge is 0.333 e. The Morgan fingerprint density at radius 1 is 1.03 bits per heavy atom. The van der Waals surface area contributed by atoms with Gasteiger partial charge in [0.25, 0.3) is 5.56 Å².